The van der Waals surface area contributed by atoms with Crippen LogP contribution in [-0.4, -0.2) is 45.7 Å². The fourth-order valence-corrected chi connectivity index (χ4v) is 3.65. The summed E-state index contributed by atoms with van der Waals surface area (Å²) >= 11 is 0. The molecule has 6 heteroatoms. The van der Waals surface area contributed by atoms with E-state index in [1.807, 2.05) is 13.8 Å². The van der Waals surface area contributed by atoms with E-state index in [9.17, 15) is 4.79 Å². The number of nitrogens with one attached hydrogen (secondary N) is 2. The standard InChI is InChI=1S/C14H23N5O/c1-8-14(9(2)18-17-8)16-13(20)7-19-11-3-4-12(19)6-10(15)5-11/h10-12H,3-7,15H2,1-2H3,(H,16,20)(H,17,18). The third-order valence-corrected chi connectivity index (χ3v) is 4.64. The average Bonchev–Trinajstić information content (AvgIpc) is 2.82. The number of hydrogen-bond acceptors (Lipinski definition) is 4. The highest BCUT2D eigenvalue weighted by Crippen LogP contribution is 2.34. The Morgan fingerprint density at radius 2 is 2.05 bits per heavy atom. The zero-order valence-corrected chi connectivity index (χ0v) is 12.1. The minimum atomic E-state index is 0.0463. The molecule has 0 aromatic carbocycles. The first kappa shape index (κ1) is 13.6. The van der Waals surface area contributed by atoms with Crippen LogP contribution >= 0.6 is 0 Å². The summed E-state index contributed by atoms with van der Waals surface area (Å²) < 4.78 is 0. The molecule has 4 N–H and O–H groups in total. The molecule has 2 unspecified atom stereocenters. The largest absolute Gasteiger partial charge is 0.328 e. The maximum absolute atomic E-state index is 12.3. The highest BCUT2D eigenvalue weighted by Gasteiger charge is 2.40. The van der Waals surface area contributed by atoms with Crippen LogP contribution in [0.15, 0.2) is 0 Å². The van der Waals surface area contributed by atoms with E-state index in [-0.39, 0.29) is 5.91 Å². The number of piperidine rings is 1. The van der Waals surface area contributed by atoms with E-state index in [0.717, 1.165) is 29.9 Å². The van der Waals surface area contributed by atoms with Gasteiger partial charge in [-0.1, -0.05) is 0 Å². The Morgan fingerprint density at radius 3 is 2.60 bits per heavy atom. The van der Waals surface area contributed by atoms with Crippen molar-refractivity contribution in [3.05, 3.63) is 11.4 Å². The summed E-state index contributed by atoms with van der Waals surface area (Å²) in [7, 11) is 0. The summed E-state index contributed by atoms with van der Waals surface area (Å²) in [5.74, 6) is 0.0463. The van der Waals surface area contributed by atoms with Gasteiger partial charge in [0.1, 0.15) is 0 Å². The van der Waals surface area contributed by atoms with Gasteiger partial charge in [0, 0.05) is 18.1 Å². The van der Waals surface area contributed by atoms with E-state index < -0.39 is 0 Å². The molecule has 3 heterocycles. The van der Waals surface area contributed by atoms with Gasteiger partial charge in [-0.15, -0.1) is 0 Å². The van der Waals surface area contributed by atoms with E-state index in [2.05, 4.69) is 20.4 Å². The second-order valence-corrected chi connectivity index (χ2v) is 6.15. The molecule has 2 saturated heterocycles. The predicted molar refractivity (Wildman–Crippen MR) is 77.4 cm³/mol. The number of aryl methyl sites for hydroxylation is 2. The van der Waals surface area contributed by atoms with Crippen molar-refractivity contribution in [3.63, 3.8) is 0 Å². The Kier molecular flexibility index (Phi) is 3.52. The number of aromatic amines is 1. The van der Waals surface area contributed by atoms with Crippen molar-refractivity contribution >= 4 is 11.6 Å². The molecule has 110 valence electrons. The lowest BCUT2D eigenvalue weighted by atomic mass is 9.98. The molecule has 3 rings (SSSR count). The number of anilines is 1. The van der Waals surface area contributed by atoms with Crippen molar-refractivity contribution in [2.75, 3.05) is 11.9 Å². The summed E-state index contributed by atoms with van der Waals surface area (Å²) in [5.41, 5.74) is 8.61. The number of H-pyrrole nitrogens is 1. The van der Waals surface area contributed by atoms with E-state index in [4.69, 9.17) is 5.73 Å². The number of fused-ring (bicyclic) bond motifs is 2. The van der Waals surface area contributed by atoms with Crippen LogP contribution in [0.2, 0.25) is 0 Å². The number of carbonyl (C=O) groups is 1. The maximum atomic E-state index is 12.3. The molecular formula is C14H23N5O. The molecule has 2 atom stereocenters. The van der Waals surface area contributed by atoms with Gasteiger partial charge < -0.3 is 11.1 Å². The van der Waals surface area contributed by atoms with Crippen molar-refractivity contribution in [2.24, 2.45) is 5.73 Å². The van der Waals surface area contributed by atoms with Gasteiger partial charge in [-0.25, -0.2) is 0 Å². The minimum absolute atomic E-state index is 0.0463. The summed E-state index contributed by atoms with van der Waals surface area (Å²) in [6.45, 7) is 4.27. The molecule has 2 bridgehead atoms. The van der Waals surface area contributed by atoms with Crippen LogP contribution in [0, 0.1) is 13.8 Å². The van der Waals surface area contributed by atoms with Crippen LogP contribution < -0.4 is 11.1 Å². The van der Waals surface area contributed by atoms with Crippen molar-refractivity contribution in [3.8, 4) is 0 Å². The molecule has 1 aromatic rings. The van der Waals surface area contributed by atoms with E-state index in [1.165, 1.54) is 12.8 Å². The van der Waals surface area contributed by atoms with Gasteiger partial charge >= 0.3 is 0 Å². The molecule has 0 spiro atoms. The highest BCUT2D eigenvalue weighted by molar-refractivity contribution is 5.93. The number of aromatic nitrogens is 2. The van der Waals surface area contributed by atoms with Gasteiger partial charge in [0.05, 0.1) is 23.6 Å². The molecule has 1 amide bonds. The first-order valence-electron chi connectivity index (χ1n) is 7.37. The Hall–Kier alpha value is -1.40. The molecule has 0 aliphatic carbocycles. The van der Waals surface area contributed by atoms with E-state index >= 15 is 0 Å². The van der Waals surface area contributed by atoms with Gasteiger partial charge in [0.2, 0.25) is 5.91 Å². The monoisotopic (exact) mass is 277 g/mol. The Labute approximate surface area is 119 Å². The summed E-state index contributed by atoms with van der Waals surface area (Å²) in [6, 6.07) is 1.28. The molecule has 2 fully saturated rings. The molecule has 6 nitrogen and oxygen atoms in total. The number of nitrogens with zero attached hydrogens (tertiary/aromatic N) is 2. The van der Waals surface area contributed by atoms with Gasteiger partial charge in [-0.05, 0) is 39.5 Å². The average molecular weight is 277 g/mol. The van der Waals surface area contributed by atoms with Crippen LogP contribution in [-0.2, 0) is 4.79 Å². The van der Waals surface area contributed by atoms with Crippen molar-refractivity contribution in [2.45, 2.75) is 57.7 Å². The van der Waals surface area contributed by atoms with Gasteiger partial charge in [0.25, 0.3) is 0 Å². The summed E-state index contributed by atoms with van der Waals surface area (Å²) in [6.07, 6.45) is 4.39. The second kappa shape index (κ2) is 5.18. The third-order valence-electron chi connectivity index (χ3n) is 4.64. The van der Waals surface area contributed by atoms with Crippen molar-refractivity contribution in [1.82, 2.24) is 15.1 Å². The SMILES string of the molecule is Cc1n[nH]c(C)c1NC(=O)CN1C2CCC1CC(N)C2. The number of carbonyl (C=O) groups excluding carboxylic acids is 1. The highest BCUT2D eigenvalue weighted by atomic mass is 16.2. The number of amides is 1. The summed E-state index contributed by atoms with van der Waals surface area (Å²) in [5, 5.41) is 9.97. The Bertz CT molecular complexity index is 478. The molecule has 0 radical (unpaired) electrons. The van der Waals surface area contributed by atoms with Gasteiger partial charge in [0.15, 0.2) is 0 Å². The minimum Gasteiger partial charge on any atom is -0.328 e. The number of nitrogens with two attached hydrogens (primary N) is 1. The van der Waals surface area contributed by atoms with Gasteiger partial charge in [-0.3, -0.25) is 14.8 Å². The zero-order valence-electron chi connectivity index (χ0n) is 12.1. The third kappa shape index (κ3) is 2.45. The number of hydrogen-bond donors (Lipinski definition) is 3. The van der Waals surface area contributed by atoms with Gasteiger partial charge in [-0.2, -0.15) is 5.10 Å². The lowest BCUT2D eigenvalue weighted by Crippen LogP contribution is -2.50. The molecule has 1 aromatic heterocycles. The molecule has 20 heavy (non-hydrogen) atoms. The van der Waals surface area contributed by atoms with Crippen LogP contribution in [0.25, 0.3) is 0 Å². The van der Waals surface area contributed by atoms with Crippen LogP contribution in [0.4, 0.5) is 5.69 Å². The lowest BCUT2D eigenvalue weighted by molar-refractivity contribution is -0.118. The zero-order chi connectivity index (χ0) is 14.3. The molecule has 0 saturated carbocycles. The lowest BCUT2D eigenvalue weighted by Gasteiger charge is -2.37. The smallest absolute Gasteiger partial charge is 0.238 e. The van der Waals surface area contributed by atoms with Crippen molar-refractivity contribution in [1.29, 1.82) is 0 Å². The van der Waals surface area contributed by atoms with Crippen LogP contribution in [0.5, 0.6) is 0 Å². The fourth-order valence-electron chi connectivity index (χ4n) is 3.65. The second-order valence-electron chi connectivity index (χ2n) is 6.15. The first-order valence-corrected chi connectivity index (χ1v) is 7.37. The molecule has 2 aliphatic rings. The topological polar surface area (TPSA) is 87.0 Å². The van der Waals surface area contributed by atoms with Crippen molar-refractivity contribution < 1.29 is 4.79 Å². The maximum Gasteiger partial charge on any atom is 0.238 e. The first-order chi connectivity index (χ1) is 9.54. The van der Waals surface area contributed by atoms with E-state index in [0.29, 0.717) is 24.7 Å². The van der Waals surface area contributed by atoms with E-state index in [1.54, 1.807) is 0 Å². The molecule has 2 aliphatic heterocycles. The predicted octanol–water partition coefficient (Wildman–Crippen LogP) is 0.919. The normalized spacial score (nSPS) is 29.6. The Balaban J connectivity index is 1.63. The molecular weight excluding hydrogens is 254 g/mol. The summed E-state index contributed by atoms with van der Waals surface area (Å²) in [4.78, 5) is 14.6. The van der Waals surface area contributed by atoms with Crippen LogP contribution in [0.1, 0.15) is 37.1 Å². The van der Waals surface area contributed by atoms with Crippen LogP contribution in [0.3, 0.4) is 0 Å². The number of rotatable bonds is 3. The quantitative estimate of drug-likeness (QED) is 0.766. The fraction of sp³-hybridized carbons (Fsp3) is 0.714. The Morgan fingerprint density at radius 1 is 1.40 bits per heavy atom.